The normalized spacial score (nSPS) is 10.4. The molecule has 0 radical (unpaired) electrons. The lowest BCUT2D eigenvalue weighted by Crippen LogP contribution is -2.06. The average Bonchev–Trinajstić information content (AvgIpc) is 2.64. The first-order chi connectivity index (χ1) is 7.61. The summed E-state index contributed by atoms with van der Waals surface area (Å²) >= 11 is 6.02. The van der Waals surface area contributed by atoms with Gasteiger partial charge in [0.05, 0.1) is 16.3 Å². The van der Waals surface area contributed by atoms with Crippen molar-refractivity contribution in [3.63, 3.8) is 0 Å². The maximum absolute atomic E-state index is 11.1. The maximum Gasteiger partial charge on any atom is 0.337 e. The minimum atomic E-state index is -1.01. The summed E-state index contributed by atoms with van der Waals surface area (Å²) in [6.07, 6.45) is 3.28. The number of aromatic carboxylic acids is 1. The molecule has 4 nitrogen and oxygen atoms in total. The molecule has 0 aliphatic heterocycles. The Morgan fingerprint density at radius 3 is 2.81 bits per heavy atom. The third-order valence-electron chi connectivity index (χ3n) is 2.28. The van der Waals surface area contributed by atoms with E-state index >= 15 is 0 Å². The first-order valence-corrected chi connectivity index (χ1v) is 5.01. The van der Waals surface area contributed by atoms with Gasteiger partial charge in [-0.1, -0.05) is 17.7 Å². The third-order valence-corrected chi connectivity index (χ3v) is 2.59. The number of carbonyl (C=O) groups is 1. The van der Waals surface area contributed by atoms with Gasteiger partial charge in [0.2, 0.25) is 0 Å². The number of nitrogens with zero attached hydrogens (tertiary/aromatic N) is 2. The zero-order valence-electron chi connectivity index (χ0n) is 8.51. The van der Waals surface area contributed by atoms with E-state index in [1.165, 1.54) is 6.07 Å². The van der Waals surface area contributed by atoms with Gasteiger partial charge in [-0.25, -0.2) is 9.78 Å². The van der Waals surface area contributed by atoms with Crippen LogP contribution in [0.3, 0.4) is 0 Å². The van der Waals surface area contributed by atoms with Gasteiger partial charge >= 0.3 is 5.97 Å². The Morgan fingerprint density at radius 1 is 1.50 bits per heavy atom. The van der Waals surface area contributed by atoms with E-state index < -0.39 is 5.97 Å². The van der Waals surface area contributed by atoms with E-state index in [-0.39, 0.29) is 5.56 Å². The van der Waals surface area contributed by atoms with Crippen LogP contribution in [0.4, 0.5) is 0 Å². The second-order valence-corrected chi connectivity index (χ2v) is 3.69. The third kappa shape index (κ3) is 1.67. The van der Waals surface area contributed by atoms with Crippen LogP contribution >= 0.6 is 11.6 Å². The topological polar surface area (TPSA) is 55.1 Å². The second kappa shape index (κ2) is 3.98. The fourth-order valence-corrected chi connectivity index (χ4v) is 1.81. The molecule has 1 N–H and O–H groups in total. The van der Waals surface area contributed by atoms with Crippen molar-refractivity contribution in [2.24, 2.45) is 0 Å². The van der Waals surface area contributed by atoms with Gasteiger partial charge < -0.3 is 9.67 Å². The monoisotopic (exact) mass is 236 g/mol. The van der Waals surface area contributed by atoms with E-state index in [4.69, 9.17) is 16.7 Å². The van der Waals surface area contributed by atoms with Crippen LogP contribution in [0.2, 0.25) is 5.02 Å². The van der Waals surface area contributed by atoms with Crippen LogP contribution in [0.1, 0.15) is 16.2 Å². The van der Waals surface area contributed by atoms with Gasteiger partial charge in [0.25, 0.3) is 0 Å². The zero-order chi connectivity index (χ0) is 11.7. The Bertz CT molecular complexity index is 549. The van der Waals surface area contributed by atoms with Crippen molar-refractivity contribution in [3.8, 4) is 5.69 Å². The second-order valence-electron chi connectivity index (χ2n) is 3.29. The summed E-state index contributed by atoms with van der Waals surface area (Å²) in [5.74, 6) is -0.318. The van der Waals surface area contributed by atoms with Crippen LogP contribution in [0, 0.1) is 6.92 Å². The molecule has 0 aliphatic carbocycles. The van der Waals surface area contributed by atoms with Crippen LogP contribution in [0.15, 0.2) is 30.6 Å². The van der Waals surface area contributed by atoms with Gasteiger partial charge in [0.1, 0.15) is 5.82 Å². The van der Waals surface area contributed by atoms with E-state index in [1.807, 2.05) is 0 Å². The minimum Gasteiger partial charge on any atom is -0.478 e. The number of carboxylic acid groups (broad SMARTS) is 1. The zero-order valence-corrected chi connectivity index (χ0v) is 9.27. The Labute approximate surface area is 97.1 Å². The van der Waals surface area contributed by atoms with E-state index in [0.717, 1.165) is 0 Å². The largest absolute Gasteiger partial charge is 0.478 e. The summed E-state index contributed by atoms with van der Waals surface area (Å²) in [6, 6.07) is 4.79. The molecular weight excluding hydrogens is 228 g/mol. The SMILES string of the molecule is Cc1nccn1-c1c(Cl)cccc1C(=O)O. The molecule has 5 heteroatoms. The number of hydrogen-bond donors (Lipinski definition) is 1. The van der Waals surface area contributed by atoms with Crippen LogP contribution in [-0.2, 0) is 0 Å². The molecule has 0 amide bonds. The molecule has 0 aliphatic rings. The van der Waals surface area contributed by atoms with Gasteiger partial charge in [0, 0.05) is 12.4 Å². The summed E-state index contributed by atoms with van der Waals surface area (Å²) in [6.45, 7) is 1.79. The molecule has 2 aromatic rings. The van der Waals surface area contributed by atoms with Gasteiger partial charge in [-0.3, -0.25) is 0 Å². The van der Waals surface area contributed by atoms with Crippen molar-refractivity contribution < 1.29 is 9.90 Å². The molecule has 0 bridgehead atoms. The Kier molecular flexibility index (Phi) is 2.66. The van der Waals surface area contributed by atoms with E-state index in [9.17, 15) is 4.79 Å². The van der Waals surface area contributed by atoms with Crippen molar-refractivity contribution in [3.05, 3.63) is 47.0 Å². The number of hydrogen-bond acceptors (Lipinski definition) is 2. The molecule has 1 aromatic carbocycles. The molecule has 16 heavy (non-hydrogen) atoms. The quantitative estimate of drug-likeness (QED) is 0.872. The molecule has 0 saturated heterocycles. The predicted octanol–water partition coefficient (Wildman–Crippen LogP) is 2.53. The molecule has 82 valence electrons. The highest BCUT2D eigenvalue weighted by atomic mass is 35.5. The number of para-hydroxylation sites is 1. The highest BCUT2D eigenvalue weighted by molar-refractivity contribution is 6.33. The number of rotatable bonds is 2. The summed E-state index contributed by atoms with van der Waals surface area (Å²) in [4.78, 5) is 15.1. The van der Waals surface area contributed by atoms with Gasteiger partial charge in [-0.15, -0.1) is 0 Å². The van der Waals surface area contributed by atoms with Gasteiger partial charge in [-0.05, 0) is 19.1 Å². The number of imidazole rings is 1. The Balaban J connectivity index is 2.73. The summed E-state index contributed by atoms with van der Waals surface area (Å²) in [5.41, 5.74) is 0.611. The number of carboxylic acids is 1. The fourth-order valence-electron chi connectivity index (χ4n) is 1.55. The molecular formula is C11H9ClN2O2. The lowest BCUT2D eigenvalue weighted by molar-refractivity contribution is 0.0697. The molecule has 0 atom stereocenters. The molecule has 0 saturated carbocycles. The highest BCUT2D eigenvalue weighted by Crippen LogP contribution is 2.25. The molecule has 0 unspecified atom stereocenters. The van der Waals surface area contributed by atoms with Crippen LogP contribution < -0.4 is 0 Å². The maximum atomic E-state index is 11.1. The van der Waals surface area contributed by atoms with Crippen molar-refractivity contribution >= 4 is 17.6 Å². The molecule has 1 heterocycles. The lowest BCUT2D eigenvalue weighted by atomic mass is 10.1. The number of halogens is 1. The van der Waals surface area contributed by atoms with E-state index in [2.05, 4.69) is 4.98 Å². The first kappa shape index (κ1) is 10.7. The standard InChI is InChI=1S/C11H9ClN2O2/c1-7-13-5-6-14(7)10-8(11(15)16)3-2-4-9(10)12/h2-6H,1H3,(H,15,16). The smallest absolute Gasteiger partial charge is 0.337 e. The van der Waals surface area contributed by atoms with Crippen LogP contribution in [0.25, 0.3) is 5.69 Å². The Morgan fingerprint density at radius 2 is 2.25 bits per heavy atom. The predicted molar refractivity (Wildman–Crippen MR) is 60.3 cm³/mol. The van der Waals surface area contributed by atoms with Crippen molar-refractivity contribution in [1.82, 2.24) is 9.55 Å². The van der Waals surface area contributed by atoms with Crippen molar-refractivity contribution in [2.45, 2.75) is 6.92 Å². The summed E-state index contributed by atoms with van der Waals surface area (Å²) < 4.78 is 1.66. The molecule has 1 aromatic heterocycles. The van der Waals surface area contributed by atoms with Crippen LogP contribution in [-0.4, -0.2) is 20.6 Å². The van der Waals surface area contributed by atoms with Crippen molar-refractivity contribution in [2.75, 3.05) is 0 Å². The molecule has 0 spiro atoms. The lowest BCUT2D eigenvalue weighted by Gasteiger charge is -2.10. The summed E-state index contributed by atoms with van der Waals surface area (Å²) in [7, 11) is 0. The van der Waals surface area contributed by atoms with Crippen molar-refractivity contribution in [1.29, 1.82) is 0 Å². The van der Waals surface area contributed by atoms with Gasteiger partial charge in [0.15, 0.2) is 0 Å². The Hall–Kier alpha value is -1.81. The number of benzene rings is 1. The minimum absolute atomic E-state index is 0.161. The fraction of sp³-hybridized carbons (Fsp3) is 0.0909. The van der Waals surface area contributed by atoms with Gasteiger partial charge in [-0.2, -0.15) is 0 Å². The van der Waals surface area contributed by atoms with Crippen LogP contribution in [0.5, 0.6) is 0 Å². The van der Waals surface area contributed by atoms with E-state index in [0.29, 0.717) is 16.5 Å². The first-order valence-electron chi connectivity index (χ1n) is 4.63. The highest BCUT2D eigenvalue weighted by Gasteiger charge is 2.15. The number of aryl methyl sites for hydroxylation is 1. The summed E-state index contributed by atoms with van der Waals surface area (Å²) in [5, 5.41) is 9.48. The molecule has 0 fully saturated rings. The van der Waals surface area contributed by atoms with E-state index in [1.54, 1.807) is 36.0 Å². The number of aromatic nitrogens is 2. The average molecular weight is 237 g/mol. The molecule has 2 rings (SSSR count).